The fourth-order valence-corrected chi connectivity index (χ4v) is 9.01. The van der Waals surface area contributed by atoms with Crippen molar-refractivity contribution in [3.05, 3.63) is 115 Å². The summed E-state index contributed by atoms with van der Waals surface area (Å²) in [4.78, 5) is 70.4. The number of anilines is 2. The average Bonchev–Trinajstić information content (AvgIpc) is 3.58. The molecule has 1 fully saturated rings. The molecule has 4 aromatic carbocycles. The predicted octanol–water partition coefficient (Wildman–Crippen LogP) is 6.34. The monoisotopic (exact) mass is 743 g/mol. The van der Waals surface area contributed by atoms with Crippen LogP contribution in [-0.2, 0) is 19.1 Å². The number of thiazole rings is 1. The van der Waals surface area contributed by atoms with Gasteiger partial charge in [0.05, 0.1) is 28.8 Å². The summed E-state index contributed by atoms with van der Waals surface area (Å²) in [6, 6.07) is 24.7. The number of ether oxygens (including phenoxy) is 2. The second kappa shape index (κ2) is 13.1. The van der Waals surface area contributed by atoms with Gasteiger partial charge in [0, 0.05) is 31.9 Å². The molecule has 13 heteroatoms. The standard InChI is InChI=1S/C35H26BrN3O7S2/c1-2-45-34(43)19-10-13-21(14-11-19)39-32(41)28-27(29-31(38-35(44)48-29)47-30(28)33(39)42)23-16-20(36)12-15-25(23)46-17-26(40)37-24-9-5-7-18-6-3-4-8-22(18)24/h3-16,27-28,30H,2,17H2,1H3,(H,37,40)(H,38,44)/t27-,28-,30+/m0/s1. The van der Waals surface area contributed by atoms with E-state index < -0.39 is 34.9 Å². The molecular weight excluding hydrogens is 718 g/mol. The SMILES string of the molecule is CCOC(=O)c1ccc(N2C(=O)[C@H]3[C@H](c4cc(Br)ccc4OCC(=O)Nc4cccc5ccccc45)c4sc(=O)[nH]c4S[C@H]3C2=O)cc1. The summed E-state index contributed by atoms with van der Waals surface area (Å²) in [7, 11) is 0. The Kier molecular flexibility index (Phi) is 8.67. The molecule has 2 N–H and O–H groups in total. The first kappa shape index (κ1) is 31.9. The summed E-state index contributed by atoms with van der Waals surface area (Å²) in [5.41, 5.74) is 1.82. The van der Waals surface area contributed by atoms with Crippen LogP contribution in [0.1, 0.15) is 33.6 Å². The highest BCUT2D eigenvalue weighted by molar-refractivity contribution is 9.10. The summed E-state index contributed by atoms with van der Waals surface area (Å²) in [5, 5.41) is 4.47. The van der Waals surface area contributed by atoms with E-state index in [1.165, 1.54) is 12.1 Å². The molecule has 3 heterocycles. The molecule has 2 aliphatic heterocycles. The van der Waals surface area contributed by atoms with Gasteiger partial charge in [0.15, 0.2) is 6.61 Å². The Labute approximate surface area is 290 Å². The number of imide groups is 1. The summed E-state index contributed by atoms with van der Waals surface area (Å²) in [5.74, 6) is -3.05. The minimum absolute atomic E-state index is 0.216. The molecule has 0 unspecified atom stereocenters. The molecule has 1 aromatic heterocycles. The van der Waals surface area contributed by atoms with Gasteiger partial charge in [-0.2, -0.15) is 0 Å². The molecule has 3 atom stereocenters. The Hall–Kier alpha value is -4.72. The quantitative estimate of drug-likeness (QED) is 0.139. The van der Waals surface area contributed by atoms with Crippen LogP contribution in [0.15, 0.2) is 99.2 Å². The molecule has 3 amide bonds. The minimum atomic E-state index is -0.882. The third kappa shape index (κ3) is 5.82. The van der Waals surface area contributed by atoms with Crippen LogP contribution in [-0.4, -0.2) is 47.1 Å². The van der Waals surface area contributed by atoms with Crippen LogP contribution >= 0.6 is 39.0 Å². The number of carbonyl (C=O) groups excluding carboxylic acids is 4. The zero-order valence-corrected chi connectivity index (χ0v) is 28.4. The molecule has 1 saturated heterocycles. The van der Waals surface area contributed by atoms with Gasteiger partial charge in [0.2, 0.25) is 11.8 Å². The average molecular weight is 745 g/mol. The van der Waals surface area contributed by atoms with Gasteiger partial charge in [-0.15, -0.1) is 0 Å². The Morgan fingerprint density at radius 1 is 0.958 bits per heavy atom. The molecule has 0 aliphatic carbocycles. The predicted molar refractivity (Wildman–Crippen MR) is 187 cm³/mol. The Morgan fingerprint density at radius 3 is 2.52 bits per heavy atom. The van der Waals surface area contributed by atoms with E-state index in [0.29, 0.717) is 42.6 Å². The lowest BCUT2D eigenvalue weighted by Crippen LogP contribution is -2.32. The lowest BCUT2D eigenvalue weighted by Gasteiger charge is -2.31. The minimum Gasteiger partial charge on any atom is -0.483 e. The highest BCUT2D eigenvalue weighted by Crippen LogP contribution is 2.54. The molecular formula is C35H26BrN3O7S2. The van der Waals surface area contributed by atoms with Crippen LogP contribution < -0.4 is 19.8 Å². The number of amides is 3. The van der Waals surface area contributed by atoms with Gasteiger partial charge in [-0.05, 0) is 60.8 Å². The largest absolute Gasteiger partial charge is 0.483 e. The zero-order chi connectivity index (χ0) is 33.5. The number of hydrogen-bond acceptors (Lipinski definition) is 9. The van der Waals surface area contributed by atoms with Crippen LogP contribution in [0, 0.1) is 5.92 Å². The number of nitrogens with zero attached hydrogens (tertiary/aromatic N) is 1. The lowest BCUT2D eigenvalue weighted by molar-refractivity contribution is -0.122. The van der Waals surface area contributed by atoms with Gasteiger partial charge in [0.1, 0.15) is 11.0 Å². The molecule has 0 bridgehead atoms. The van der Waals surface area contributed by atoms with Gasteiger partial charge in [-0.1, -0.05) is 75.4 Å². The van der Waals surface area contributed by atoms with Crippen LogP contribution in [0.2, 0.25) is 0 Å². The maximum atomic E-state index is 14.2. The molecule has 5 aromatic rings. The third-order valence-electron chi connectivity index (χ3n) is 8.19. The van der Waals surface area contributed by atoms with Crippen molar-refractivity contribution >= 4 is 84.9 Å². The van der Waals surface area contributed by atoms with Crippen molar-refractivity contribution in [3.8, 4) is 5.75 Å². The molecule has 48 heavy (non-hydrogen) atoms. The smallest absolute Gasteiger partial charge is 0.338 e. The second-order valence-corrected chi connectivity index (χ2v) is 14.2. The van der Waals surface area contributed by atoms with Gasteiger partial charge < -0.3 is 19.8 Å². The number of hydrogen-bond donors (Lipinski definition) is 2. The topological polar surface area (TPSA) is 135 Å². The summed E-state index contributed by atoms with van der Waals surface area (Å²) in [6.07, 6.45) is 0. The molecule has 0 spiro atoms. The number of H-pyrrole nitrogens is 1. The normalized spacial score (nSPS) is 18.4. The lowest BCUT2D eigenvalue weighted by atomic mass is 9.82. The van der Waals surface area contributed by atoms with Crippen LogP contribution in [0.5, 0.6) is 5.75 Å². The van der Waals surface area contributed by atoms with Crippen LogP contribution in [0.3, 0.4) is 0 Å². The van der Waals surface area contributed by atoms with E-state index in [1.807, 2.05) is 42.5 Å². The fraction of sp³-hybridized carbons (Fsp3) is 0.171. The van der Waals surface area contributed by atoms with Crippen LogP contribution in [0.4, 0.5) is 11.4 Å². The van der Waals surface area contributed by atoms with Crippen molar-refractivity contribution in [1.82, 2.24) is 4.98 Å². The number of rotatable bonds is 8. The number of halogens is 1. The van der Waals surface area contributed by atoms with Gasteiger partial charge in [0.25, 0.3) is 5.91 Å². The Balaban J connectivity index is 1.20. The van der Waals surface area contributed by atoms with Crippen molar-refractivity contribution < 1.29 is 28.7 Å². The van der Waals surface area contributed by atoms with Crippen molar-refractivity contribution in [3.63, 3.8) is 0 Å². The van der Waals surface area contributed by atoms with E-state index in [-0.39, 0.29) is 24.0 Å². The van der Waals surface area contributed by atoms with Crippen molar-refractivity contribution in [2.75, 3.05) is 23.4 Å². The number of benzene rings is 4. The maximum absolute atomic E-state index is 14.2. The summed E-state index contributed by atoms with van der Waals surface area (Å²) in [6.45, 7) is 1.60. The van der Waals surface area contributed by atoms with E-state index in [9.17, 15) is 24.0 Å². The number of aromatic amines is 1. The van der Waals surface area contributed by atoms with Gasteiger partial charge in [-0.25, -0.2) is 9.69 Å². The van der Waals surface area contributed by atoms with E-state index in [1.54, 1.807) is 37.3 Å². The third-order valence-corrected chi connectivity index (χ3v) is 11.1. The molecule has 242 valence electrons. The first-order valence-electron chi connectivity index (χ1n) is 15.0. The number of carbonyl (C=O) groups is 4. The van der Waals surface area contributed by atoms with E-state index in [4.69, 9.17) is 9.47 Å². The Bertz CT molecular complexity index is 2160. The molecule has 0 saturated carbocycles. The van der Waals surface area contributed by atoms with Crippen molar-refractivity contribution in [2.24, 2.45) is 5.92 Å². The number of fused-ring (bicyclic) bond motifs is 3. The van der Waals surface area contributed by atoms with Crippen molar-refractivity contribution in [1.29, 1.82) is 0 Å². The first-order valence-corrected chi connectivity index (χ1v) is 17.5. The van der Waals surface area contributed by atoms with Crippen molar-refractivity contribution in [2.45, 2.75) is 23.1 Å². The molecule has 10 nitrogen and oxygen atoms in total. The number of thioether (sulfide) groups is 1. The van der Waals surface area contributed by atoms with Crippen LogP contribution in [0.25, 0.3) is 10.8 Å². The summed E-state index contributed by atoms with van der Waals surface area (Å²) >= 11 is 5.66. The molecule has 7 rings (SSSR count). The van der Waals surface area contributed by atoms with E-state index in [2.05, 4.69) is 26.2 Å². The first-order chi connectivity index (χ1) is 23.2. The molecule has 0 radical (unpaired) electrons. The number of nitrogens with one attached hydrogen (secondary N) is 2. The highest BCUT2D eigenvalue weighted by Gasteiger charge is 2.57. The Morgan fingerprint density at radius 2 is 1.73 bits per heavy atom. The summed E-state index contributed by atoms with van der Waals surface area (Å²) < 4.78 is 11.9. The van der Waals surface area contributed by atoms with E-state index in [0.717, 1.165) is 38.8 Å². The van der Waals surface area contributed by atoms with E-state index >= 15 is 0 Å². The fourth-order valence-electron chi connectivity index (χ4n) is 6.13. The highest BCUT2D eigenvalue weighted by atomic mass is 79.9. The zero-order valence-electron chi connectivity index (χ0n) is 25.2. The number of esters is 1. The second-order valence-electron chi connectivity index (χ2n) is 11.1. The number of aromatic nitrogens is 1. The maximum Gasteiger partial charge on any atom is 0.338 e. The molecule has 2 aliphatic rings. The van der Waals surface area contributed by atoms with Gasteiger partial charge in [-0.3, -0.25) is 19.2 Å². The van der Waals surface area contributed by atoms with Gasteiger partial charge >= 0.3 is 10.8 Å².